The second-order valence-electron chi connectivity index (χ2n) is 7.43. The number of benzene rings is 2. The number of hydrogen-bond donors (Lipinski definition) is 0. The lowest BCUT2D eigenvalue weighted by Crippen LogP contribution is -2.50. The summed E-state index contributed by atoms with van der Waals surface area (Å²) < 4.78 is 76.8. The molecule has 0 aromatic heterocycles. The topological polar surface area (TPSA) is 76.2 Å². The minimum absolute atomic E-state index is 0.0190. The van der Waals surface area contributed by atoms with Gasteiger partial charge in [0.15, 0.2) is 11.5 Å². The van der Waals surface area contributed by atoms with Crippen molar-refractivity contribution in [1.82, 2.24) is 9.21 Å². The first kappa shape index (κ1) is 22.4. The maximum atomic E-state index is 13.0. The van der Waals surface area contributed by atoms with Crippen molar-refractivity contribution < 1.29 is 35.9 Å². The number of amides is 1. The monoisotopic (exact) mass is 470 g/mol. The number of alkyl halides is 3. The lowest BCUT2D eigenvalue weighted by Gasteiger charge is -2.34. The minimum atomic E-state index is -4.64. The first-order chi connectivity index (χ1) is 15.2. The Hall–Kier alpha value is -2.79. The lowest BCUT2D eigenvalue weighted by atomic mass is 10.1. The van der Waals surface area contributed by atoms with E-state index in [1.807, 2.05) is 0 Å². The lowest BCUT2D eigenvalue weighted by molar-refractivity contribution is -0.137. The number of fused-ring (bicyclic) bond motifs is 1. The Bertz CT molecular complexity index is 1110. The molecular weight excluding hydrogens is 449 g/mol. The first-order valence-corrected chi connectivity index (χ1v) is 11.5. The van der Waals surface area contributed by atoms with Crippen LogP contribution < -0.4 is 9.47 Å². The highest BCUT2D eigenvalue weighted by molar-refractivity contribution is 7.89. The van der Waals surface area contributed by atoms with Gasteiger partial charge in [0.05, 0.1) is 23.7 Å². The van der Waals surface area contributed by atoms with Crippen LogP contribution in [0.2, 0.25) is 0 Å². The fourth-order valence-electron chi connectivity index (χ4n) is 3.59. The van der Waals surface area contributed by atoms with Gasteiger partial charge in [0.25, 0.3) is 5.91 Å². The van der Waals surface area contributed by atoms with Crippen molar-refractivity contribution in [3.05, 3.63) is 53.6 Å². The Labute approximate surface area is 183 Å². The first-order valence-electron chi connectivity index (χ1n) is 10.0. The minimum Gasteiger partial charge on any atom is -0.490 e. The van der Waals surface area contributed by atoms with Crippen LogP contribution in [0.3, 0.4) is 0 Å². The number of carbonyl (C=O) groups excluding carboxylic acids is 1. The molecule has 11 heteroatoms. The van der Waals surface area contributed by atoms with Gasteiger partial charge in [0, 0.05) is 38.2 Å². The van der Waals surface area contributed by atoms with E-state index in [1.54, 1.807) is 18.2 Å². The molecule has 0 bridgehead atoms. The maximum absolute atomic E-state index is 13.0. The maximum Gasteiger partial charge on any atom is 0.416 e. The van der Waals surface area contributed by atoms with Gasteiger partial charge >= 0.3 is 6.18 Å². The van der Waals surface area contributed by atoms with Gasteiger partial charge in [0.1, 0.15) is 0 Å². The summed E-state index contributed by atoms with van der Waals surface area (Å²) in [5, 5.41) is 0. The van der Waals surface area contributed by atoms with Crippen LogP contribution in [0.15, 0.2) is 47.4 Å². The van der Waals surface area contributed by atoms with E-state index in [4.69, 9.17) is 9.47 Å². The molecule has 0 radical (unpaired) electrons. The Morgan fingerprint density at radius 2 is 1.59 bits per heavy atom. The summed E-state index contributed by atoms with van der Waals surface area (Å²) in [7, 11) is -4.12. The summed E-state index contributed by atoms with van der Waals surface area (Å²) >= 11 is 0. The van der Waals surface area contributed by atoms with Crippen molar-refractivity contribution in [2.45, 2.75) is 17.5 Å². The predicted molar refractivity (Wildman–Crippen MR) is 108 cm³/mol. The van der Waals surface area contributed by atoms with E-state index in [0.29, 0.717) is 36.3 Å². The van der Waals surface area contributed by atoms with Crippen LogP contribution in [0.5, 0.6) is 11.5 Å². The number of sulfonamides is 1. The highest BCUT2D eigenvalue weighted by Crippen LogP contribution is 2.32. The summed E-state index contributed by atoms with van der Waals surface area (Å²) in [5.74, 6) is 0.770. The second-order valence-corrected chi connectivity index (χ2v) is 9.37. The predicted octanol–water partition coefficient (Wildman–Crippen LogP) is 3.01. The van der Waals surface area contributed by atoms with Gasteiger partial charge in [-0.1, -0.05) is 6.07 Å². The number of hydrogen-bond acceptors (Lipinski definition) is 5. The van der Waals surface area contributed by atoms with Crippen LogP contribution in [0, 0.1) is 0 Å². The number of carbonyl (C=O) groups is 1. The largest absolute Gasteiger partial charge is 0.490 e. The molecule has 7 nitrogen and oxygen atoms in total. The molecule has 1 saturated heterocycles. The smallest absolute Gasteiger partial charge is 0.416 e. The Balaban J connectivity index is 1.45. The molecule has 32 heavy (non-hydrogen) atoms. The molecular formula is C21H21F3N2O5S. The molecule has 0 unspecified atom stereocenters. The summed E-state index contributed by atoms with van der Waals surface area (Å²) in [6, 6.07) is 8.56. The molecule has 4 rings (SSSR count). The molecule has 1 amide bonds. The zero-order chi connectivity index (χ0) is 22.9. The van der Waals surface area contributed by atoms with Gasteiger partial charge in [0.2, 0.25) is 10.0 Å². The van der Waals surface area contributed by atoms with Crippen molar-refractivity contribution in [3.8, 4) is 11.5 Å². The van der Waals surface area contributed by atoms with Crippen LogP contribution in [0.25, 0.3) is 0 Å². The zero-order valence-corrected chi connectivity index (χ0v) is 17.8. The van der Waals surface area contributed by atoms with Gasteiger partial charge in [-0.2, -0.15) is 17.5 Å². The zero-order valence-electron chi connectivity index (χ0n) is 17.0. The molecule has 1 fully saturated rings. The molecule has 0 atom stereocenters. The number of piperazine rings is 1. The van der Waals surface area contributed by atoms with Gasteiger partial charge in [-0.3, -0.25) is 4.79 Å². The van der Waals surface area contributed by atoms with Crippen molar-refractivity contribution in [1.29, 1.82) is 0 Å². The molecule has 2 heterocycles. The summed E-state index contributed by atoms with van der Waals surface area (Å²) in [5.41, 5.74) is -0.634. The Morgan fingerprint density at radius 3 is 2.28 bits per heavy atom. The molecule has 0 N–H and O–H groups in total. The van der Waals surface area contributed by atoms with Crippen LogP contribution >= 0.6 is 0 Å². The van der Waals surface area contributed by atoms with E-state index in [1.165, 1.54) is 4.90 Å². The fraction of sp³-hybridized carbons (Fsp3) is 0.381. The molecule has 2 aliphatic heterocycles. The third-order valence-corrected chi connectivity index (χ3v) is 7.21. The third kappa shape index (κ3) is 4.53. The van der Waals surface area contributed by atoms with E-state index in [2.05, 4.69) is 0 Å². The van der Waals surface area contributed by atoms with E-state index in [0.717, 1.165) is 28.9 Å². The van der Waals surface area contributed by atoms with Gasteiger partial charge < -0.3 is 14.4 Å². The highest BCUT2D eigenvalue weighted by atomic mass is 32.2. The van der Waals surface area contributed by atoms with Crippen molar-refractivity contribution in [2.75, 3.05) is 39.4 Å². The molecule has 0 aliphatic carbocycles. The van der Waals surface area contributed by atoms with Crippen molar-refractivity contribution >= 4 is 15.9 Å². The van der Waals surface area contributed by atoms with E-state index < -0.39 is 26.7 Å². The third-order valence-electron chi connectivity index (χ3n) is 5.32. The second kappa shape index (κ2) is 8.62. The molecule has 2 aromatic carbocycles. The normalized spacial score (nSPS) is 17.7. The van der Waals surface area contributed by atoms with Crippen molar-refractivity contribution in [2.24, 2.45) is 0 Å². The Morgan fingerprint density at radius 1 is 0.906 bits per heavy atom. The van der Waals surface area contributed by atoms with E-state index in [9.17, 15) is 26.4 Å². The van der Waals surface area contributed by atoms with E-state index in [-0.39, 0.29) is 32.1 Å². The van der Waals surface area contributed by atoms with Crippen LogP contribution in [0.1, 0.15) is 22.3 Å². The molecule has 0 saturated carbocycles. The van der Waals surface area contributed by atoms with Crippen LogP contribution in [-0.4, -0.2) is 62.9 Å². The SMILES string of the molecule is O=C(c1ccc2c(c1)OCCCO2)N1CCN(S(=O)(=O)c2cccc(C(F)(F)F)c2)CC1. The number of halogens is 3. The van der Waals surface area contributed by atoms with Gasteiger partial charge in [-0.05, 0) is 36.4 Å². The average molecular weight is 470 g/mol. The van der Waals surface area contributed by atoms with Gasteiger partial charge in [-0.25, -0.2) is 8.42 Å². The standard InChI is InChI=1S/C21H21F3N2O5S/c22-21(23,24)16-3-1-4-17(14-16)32(28,29)26-9-7-25(8-10-26)20(27)15-5-6-18-19(13-15)31-12-2-11-30-18/h1,3-6,13-14H,2,7-12H2. The summed E-state index contributed by atoms with van der Waals surface area (Å²) in [4.78, 5) is 14.0. The van der Waals surface area contributed by atoms with Gasteiger partial charge in [-0.15, -0.1) is 0 Å². The summed E-state index contributed by atoms with van der Waals surface area (Å²) in [6.45, 7) is 1.21. The van der Waals surface area contributed by atoms with Crippen molar-refractivity contribution in [3.63, 3.8) is 0 Å². The number of ether oxygens (including phenoxy) is 2. The van der Waals surface area contributed by atoms with Crippen LogP contribution in [0.4, 0.5) is 13.2 Å². The summed E-state index contributed by atoms with van der Waals surface area (Å²) in [6.07, 6.45) is -3.90. The fourth-order valence-corrected chi connectivity index (χ4v) is 5.06. The number of nitrogens with zero attached hydrogens (tertiary/aromatic N) is 2. The molecule has 2 aromatic rings. The molecule has 2 aliphatic rings. The molecule has 0 spiro atoms. The quantitative estimate of drug-likeness (QED) is 0.690. The molecule has 172 valence electrons. The average Bonchev–Trinajstić information content (AvgIpc) is 3.03. The Kier molecular flexibility index (Phi) is 6.04. The van der Waals surface area contributed by atoms with E-state index >= 15 is 0 Å². The van der Waals surface area contributed by atoms with Crippen LogP contribution in [-0.2, 0) is 16.2 Å². The highest BCUT2D eigenvalue weighted by Gasteiger charge is 2.34. The number of rotatable bonds is 3.